The zero-order valence-corrected chi connectivity index (χ0v) is 12.2. The molecule has 0 aliphatic rings. The molecule has 3 nitrogen and oxygen atoms in total. The van der Waals surface area contributed by atoms with E-state index in [2.05, 4.69) is 10.3 Å². The Balaban J connectivity index is 2.11. The predicted molar refractivity (Wildman–Crippen MR) is 82.4 cm³/mol. The predicted octanol–water partition coefficient (Wildman–Crippen LogP) is 4.59. The fourth-order valence-electron chi connectivity index (χ4n) is 1.63. The highest BCUT2D eigenvalue weighted by Gasteiger charge is 2.04. The van der Waals surface area contributed by atoms with Crippen LogP contribution in [-0.4, -0.2) is 10.8 Å². The molecule has 1 aromatic heterocycles. The molecule has 1 heterocycles. The molecule has 2 aromatic rings. The first-order valence-electron chi connectivity index (χ1n) is 5.91. The van der Waals surface area contributed by atoms with Crippen LogP contribution >= 0.6 is 23.2 Å². The SMILES string of the molecule is C/C(=C\C(=O)c1cccnc1)Nc1ccc(Cl)c(Cl)c1. The molecule has 0 aliphatic carbocycles. The second-order valence-corrected chi connectivity index (χ2v) is 5.00. The number of carbonyl (C=O) groups is 1. The highest BCUT2D eigenvalue weighted by atomic mass is 35.5. The van der Waals surface area contributed by atoms with E-state index < -0.39 is 0 Å². The molecule has 0 aliphatic heterocycles. The number of allylic oxidation sites excluding steroid dienone is 2. The van der Waals surface area contributed by atoms with Gasteiger partial charge in [0.1, 0.15) is 0 Å². The summed E-state index contributed by atoms with van der Waals surface area (Å²) < 4.78 is 0. The average molecular weight is 307 g/mol. The van der Waals surface area contributed by atoms with Gasteiger partial charge in [-0.15, -0.1) is 0 Å². The van der Waals surface area contributed by atoms with Crippen LogP contribution in [0.1, 0.15) is 17.3 Å². The smallest absolute Gasteiger partial charge is 0.189 e. The third-order valence-corrected chi connectivity index (χ3v) is 3.29. The first-order valence-corrected chi connectivity index (χ1v) is 6.66. The number of pyridine rings is 1. The van der Waals surface area contributed by atoms with Gasteiger partial charge in [0.25, 0.3) is 0 Å². The van der Waals surface area contributed by atoms with Gasteiger partial charge in [0.05, 0.1) is 10.0 Å². The topological polar surface area (TPSA) is 42.0 Å². The number of hydrogen-bond acceptors (Lipinski definition) is 3. The molecule has 0 bridgehead atoms. The third kappa shape index (κ3) is 3.83. The van der Waals surface area contributed by atoms with Crippen molar-refractivity contribution in [3.05, 3.63) is 70.1 Å². The molecule has 0 atom stereocenters. The summed E-state index contributed by atoms with van der Waals surface area (Å²) >= 11 is 11.8. The van der Waals surface area contributed by atoms with Gasteiger partial charge in [-0.1, -0.05) is 23.2 Å². The Labute approximate surface area is 127 Å². The van der Waals surface area contributed by atoms with Crippen molar-refractivity contribution in [2.75, 3.05) is 5.32 Å². The summed E-state index contributed by atoms with van der Waals surface area (Å²) in [7, 11) is 0. The van der Waals surface area contributed by atoms with Crippen molar-refractivity contribution in [3.63, 3.8) is 0 Å². The van der Waals surface area contributed by atoms with Crippen molar-refractivity contribution in [1.82, 2.24) is 4.98 Å². The second-order valence-electron chi connectivity index (χ2n) is 4.19. The molecule has 0 radical (unpaired) electrons. The number of nitrogens with one attached hydrogen (secondary N) is 1. The van der Waals surface area contributed by atoms with Crippen LogP contribution in [0, 0.1) is 0 Å². The Morgan fingerprint density at radius 1 is 1.25 bits per heavy atom. The van der Waals surface area contributed by atoms with E-state index in [1.165, 1.54) is 12.3 Å². The fraction of sp³-hybridized carbons (Fsp3) is 0.0667. The maximum Gasteiger partial charge on any atom is 0.189 e. The van der Waals surface area contributed by atoms with Gasteiger partial charge in [-0.25, -0.2) is 0 Å². The Morgan fingerprint density at radius 2 is 2.05 bits per heavy atom. The maximum absolute atomic E-state index is 12.0. The molecule has 1 aromatic carbocycles. The van der Waals surface area contributed by atoms with E-state index in [0.717, 1.165) is 5.69 Å². The molecule has 20 heavy (non-hydrogen) atoms. The van der Waals surface area contributed by atoms with Crippen molar-refractivity contribution in [2.45, 2.75) is 6.92 Å². The van der Waals surface area contributed by atoms with Crippen LogP contribution < -0.4 is 5.32 Å². The fourth-order valence-corrected chi connectivity index (χ4v) is 1.92. The Kier molecular flexibility index (Phi) is 4.77. The van der Waals surface area contributed by atoms with Gasteiger partial charge in [-0.2, -0.15) is 0 Å². The van der Waals surface area contributed by atoms with Gasteiger partial charge in [-0.3, -0.25) is 9.78 Å². The molecule has 0 amide bonds. The van der Waals surface area contributed by atoms with Crippen LogP contribution in [0.2, 0.25) is 10.0 Å². The van der Waals surface area contributed by atoms with Crippen LogP contribution in [0.25, 0.3) is 0 Å². The van der Waals surface area contributed by atoms with Crippen molar-refractivity contribution in [1.29, 1.82) is 0 Å². The number of halogens is 2. The number of benzene rings is 1. The van der Waals surface area contributed by atoms with E-state index in [0.29, 0.717) is 21.3 Å². The van der Waals surface area contributed by atoms with Crippen LogP contribution in [0.4, 0.5) is 5.69 Å². The van der Waals surface area contributed by atoms with E-state index in [1.807, 2.05) is 0 Å². The number of hydrogen-bond donors (Lipinski definition) is 1. The quantitative estimate of drug-likeness (QED) is 0.663. The summed E-state index contributed by atoms with van der Waals surface area (Å²) in [5.74, 6) is -0.108. The number of ketones is 1. The molecule has 2 rings (SSSR count). The summed E-state index contributed by atoms with van der Waals surface area (Å²) in [4.78, 5) is 15.9. The molecule has 1 N–H and O–H groups in total. The monoisotopic (exact) mass is 306 g/mol. The summed E-state index contributed by atoms with van der Waals surface area (Å²) in [6.45, 7) is 1.80. The minimum atomic E-state index is -0.108. The molecule has 0 fully saturated rings. The summed E-state index contributed by atoms with van der Waals surface area (Å²) in [5.41, 5.74) is 2.02. The number of carbonyl (C=O) groups excluding carboxylic acids is 1. The lowest BCUT2D eigenvalue weighted by Crippen LogP contribution is -2.01. The van der Waals surface area contributed by atoms with E-state index in [-0.39, 0.29) is 5.78 Å². The molecule has 0 saturated heterocycles. The molecular weight excluding hydrogens is 295 g/mol. The summed E-state index contributed by atoms with van der Waals surface area (Å²) in [5, 5.41) is 4.04. The zero-order valence-electron chi connectivity index (χ0n) is 10.7. The Hall–Kier alpha value is -1.84. The Bertz CT molecular complexity index is 654. The van der Waals surface area contributed by atoms with Crippen molar-refractivity contribution < 1.29 is 4.79 Å². The molecule has 0 saturated carbocycles. The lowest BCUT2D eigenvalue weighted by Gasteiger charge is -2.07. The van der Waals surface area contributed by atoms with E-state index in [1.54, 1.807) is 43.5 Å². The van der Waals surface area contributed by atoms with E-state index in [9.17, 15) is 4.79 Å². The maximum atomic E-state index is 12.0. The van der Waals surface area contributed by atoms with Gasteiger partial charge in [0.15, 0.2) is 5.78 Å². The van der Waals surface area contributed by atoms with Gasteiger partial charge in [-0.05, 0) is 37.3 Å². The van der Waals surface area contributed by atoms with Gasteiger partial charge in [0, 0.05) is 35.4 Å². The van der Waals surface area contributed by atoms with Crippen molar-refractivity contribution in [3.8, 4) is 0 Å². The van der Waals surface area contributed by atoms with Crippen molar-refractivity contribution in [2.24, 2.45) is 0 Å². The van der Waals surface area contributed by atoms with Crippen molar-refractivity contribution >= 4 is 34.7 Å². The zero-order chi connectivity index (χ0) is 14.5. The number of anilines is 1. The van der Waals surface area contributed by atoms with E-state index >= 15 is 0 Å². The Morgan fingerprint density at radius 3 is 2.70 bits per heavy atom. The van der Waals surface area contributed by atoms with Gasteiger partial charge in [0.2, 0.25) is 0 Å². The second kappa shape index (κ2) is 6.55. The van der Waals surface area contributed by atoms with Crippen LogP contribution in [0.5, 0.6) is 0 Å². The third-order valence-electron chi connectivity index (χ3n) is 2.55. The van der Waals surface area contributed by atoms with Gasteiger partial charge >= 0.3 is 0 Å². The minimum absolute atomic E-state index is 0.108. The molecule has 0 spiro atoms. The lowest BCUT2D eigenvalue weighted by molar-refractivity contribution is 0.104. The largest absolute Gasteiger partial charge is 0.359 e. The van der Waals surface area contributed by atoms with E-state index in [4.69, 9.17) is 23.2 Å². The minimum Gasteiger partial charge on any atom is -0.359 e. The summed E-state index contributed by atoms with van der Waals surface area (Å²) in [6, 6.07) is 8.64. The highest BCUT2D eigenvalue weighted by molar-refractivity contribution is 6.42. The first kappa shape index (κ1) is 14.6. The molecular formula is C15H12Cl2N2O. The van der Waals surface area contributed by atoms with Gasteiger partial charge < -0.3 is 5.32 Å². The van der Waals surface area contributed by atoms with Crippen LogP contribution in [0.3, 0.4) is 0 Å². The highest BCUT2D eigenvalue weighted by Crippen LogP contribution is 2.25. The number of aromatic nitrogens is 1. The molecule has 5 heteroatoms. The molecule has 102 valence electrons. The number of rotatable bonds is 4. The standard InChI is InChI=1S/C15H12Cl2N2O/c1-10(7-15(20)11-3-2-6-18-9-11)19-12-4-5-13(16)14(17)8-12/h2-9,19H,1H3/b10-7+. The van der Waals surface area contributed by atoms with Crippen LogP contribution in [-0.2, 0) is 0 Å². The molecule has 0 unspecified atom stereocenters. The normalized spacial score (nSPS) is 11.2. The average Bonchev–Trinajstić information content (AvgIpc) is 2.44. The number of nitrogens with zero attached hydrogens (tertiary/aromatic N) is 1. The van der Waals surface area contributed by atoms with Crippen LogP contribution in [0.15, 0.2) is 54.5 Å². The first-order chi connectivity index (χ1) is 9.56. The summed E-state index contributed by atoms with van der Waals surface area (Å²) in [6.07, 6.45) is 4.67. The lowest BCUT2D eigenvalue weighted by atomic mass is 10.1.